The number of anilines is 1. The smallest absolute Gasteiger partial charge is 0.323 e. The maximum atomic E-state index is 11.5. The number of hydrogen-bond acceptors (Lipinski definition) is 2. The van der Waals surface area contributed by atoms with Crippen LogP contribution in [0, 0.1) is 0 Å². The molecule has 5 heteroatoms. The highest BCUT2D eigenvalue weighted by Crippen LogP contribution is 2.17. The van der Waals surface area contributed by atoms with E-state index in [-0.39, 0.29) is 12.8 Å². The van der Waals surface area contributed by atoms with Gasteiger partial charge in [0.2, 0.25) is 0 Å². The molecular weight excluding hydrogens is 216 g/mol. The molecule has 15 heavy (non-hydrogen) atoms. The number of nitrogens with zero attached hydrogens (tertiary/aromatic N) is 1. The molecule has 0 atom stereocenters. The lowest BCUT2D eigenvalue weighted by atomic mass is 10.3. The minimum absolute atomic E-state index is 0.196. The van der Waals surface area contributed by atoms with Crippen LogP contribution in [0.4, 0.5) is 10.5 Å². The number of halogens is 1. The monoisotopic (exact) mass is 228 g/mol. The summed E-state index contributed by atoms with van der Waals surface area (Å²) in [4.78, 5) is 13.0. The molecular formula is C10H13ClN2O2. The SMILES string of the molecule is CNC(=O)N(COC)c1ccc(Cl)cc1. The largest absolute Gasteiger partial charge is 0.364 e. The molecule has 0 saturated carbocycles. The third kappa shape index (κ3) is 3.11. The Morgan fingerprint density at radius 1 is 1.47 bits per heavy atom. The van der Waals surface area contributed by atoms with Crippen LogP contribution in [0.5, 0.6) is 0 Å². The molecule has 1 N–H and O–H groups in total. The lowest BCUT2D eigenvalue weighted by Gasteiger charge is -2.21. The van der Waals surface area contributed by atoms with Crippen LogP contribution in [0.25, 0.3) is 0 Å². The Hall–Kier alpha value is -1.26. The molecule has 1 rings (SSSR count). The predicted octanol–water partition coefficient (Wildman–Crippen LogP) is 2.09. The minimum Gasteiger partial charge on any atom is -0.364 e. The van der Waals surface area contributed by atoms with Crippen molar-refractivity contribution in [2.24, 2.45) is 0 Å². The van der Waals surface area contributed by atoms with E-state index in [0.717, 1.165) is 5.69 Å². The first-order chi connectivity index (χ1) is 7.19. The van der Waals surface area contributed by atoms with Gasteiger partial charge in [0.05, 0.1) is 0 Å². The molecule has 1 aromatic carbocycles. The number of rotatable bonds is 3. The number of amides is 2. The van der Waals surface area contributed by atoms with Gasteiger partial charge in [-0.2, -0.15) is 0 Å². The number of carbonyl (C=O) groups is 1. The van der Waals surface area contributed by atoms with Crippen LogP contribution in [0.1, 0.15) is 0 Å². The van der Waals surface area contributed by atoms with E-state index < -0.39 is 0 Å². The van der Waals surface area contributed by atoms with Crippen molar-refractivity contribution >= 4 is 23.3 Å². The maximum Gasteiger partial charge on any atom is 0.323 e. The van der Waals surface area contributed by atoms with Gasteiger partial charge in [0.25, 0.3) is 0 Å². The summed E-state index contributed by atoms with van der Waals surface area (Å²) in [7, 11) is 3.10. The molecule has 0 fully saturated rings. The first kappa shape index (κ1) is 11.8. The Bertz CT molecular complexity index is 327. The summed E-state index contributed by atoms with van der Waals surface area (Å²) in [6.07, 6.45) is 0. The van der Waals surface area contributed by atoms with E-state index >= 15 is 0 Å². The van der Waals surface area contributed by atoms with Crippen molar-refractivity contribution in [1.82, 2.24) is 5.32 Å². The van der Waals surface area contributed by atoms with E-state index in [1.165, 1.54) is 12.0 Å². The Morgan fingerprint density at radius 2 is 2.07 bits per heavy atom. The second kappa shape index (κ2) is 5.58. The zero-order valence-corrected chi connectivity index (χ0v) is 9.41. The fraction of sp³-hybridized carbons (Fsp3) is 0.300. The molecule has 2 amide bonds. The van der Waals surface area contributed by atoms with Gasteiger partial charge in [-0.1, -0.05) is 11.6 Å². The number of ether oxygens (including phenoxy) is 1. The van der Waals surface area contributed by atoms with Crippen LogP contribution in [0.2, 0.25) is 5.02 Å². The van der Waals surface area contributed by atoms with Gasteiger partial charge in [0.1, 0.15) is 6.73 Å². The van der Waals surface area contributed by atoms with Gasteiger partial charge in [0, 0.05) is 24.9 Å². The predicted molar refractivity (Wildman–Crippen MR) is 60.3 cm³/mol. The number of methoxy groups -OCH3 is 1. The normalized spacial score (nSPS) is 9.80. The number of benzene rings is 1. The Morgan fingerprint density at radius 3 is 2.53 bits per heavy atom. The molecule has 0 unspecified atom stereocenters. The summed E-state index contributed by atoms with van der Waals surface area (Å²) in [6.45, 7) is 0.196. The van der Waals surface area contributed by atoms with Crippen LogP contribution in [-0.4, -0.2) is 26.9 Å². The van der Waals surface area contributed by atoms with E-state index in [4.69, 9.17) is 16.3 Å². The lowest BCUT2D eigenvalue weighted by Crippen LogP contribution is -2.39. The average Bonchev–Trinajstić information content (AvgIpc) is 2.26. The summed E-state index contributed by atoms with van der Waals surface area (Å²) in [5, 5.41) is 3.17. The Kier molecular flexibility index (Phi) is 4.39. The molecule has 0 heterocycles. The number of nitrogens with one attached hydrogen (secondary N) is 1. The molecule has 0 aliphatic heterocycles. The topological polar surface area (TPSA) is 41.6 Å². The molecule has 1 aromatic rings. The summed E-state index contributed by atoms with van der Waals surface area (Å²) in [5.41, 5.74) is 0.737. The highest BCUT2D eigenvalue weighted by Gasteiger charge is 2.13. The molecule has 4 nitrogen and oxygen atoms in total. The lowest BCUT2D eigenvalue weighted by molar-refractivity contribution is 0.192. The number of hydrogen-bond donors (Lipinski definition) is 1. The van der Waals surface area contributed by atoms with Gasteiger partial charge >= 0.3 is 6.03 Å². The quantitative estimate of drug-likeness (QED) is 0.805. The van der Waals surface area contributed by atoms with Crippen molar-refractivity contribution in [1.29, 1.82) is 0 Å². The van der Waals surface area contributed by atoms with Gasteiger partial charge in [-0.05, 0) is 24.3 Å². The molecule has 0 spiro atoms. The second-order valence-corrected chi connectivity index (χ2v) is 3.31. The van der Waals surface area contributed by atoms with E-state index in [1.807, 2.05) is 0 Å². The van der Waals surface area contributed by atoms with Crippen LogP contribution < -0.4 is 10.2 Å². The molecule has 0 aliphatic rings. The minimum atomic E-state index is -0.223. The van der Waals surface area contributed by atoms with Crippen molar-refractivity contribution < 1.29 is 9.53 Å². The van der Waals surface area contributed by atoms with Gasteiger partial charge in [-0.25, -0.2) is 4.79 Å². The molecule has 0 aromatic heterocycles. The van der Waals surface area contributed by atoms with E-state index in [1.54, 1.807) is 31.3 Å². The van der Waals surface area contributed by atoms with Crippen molar-refractivity contribution in [3.05, 3.63) is 29.3 Å². The first-order valence-corrected chi connectivity index (χ1v) is 4.80. The molecule has 0 radical (unpaired) electrons. The van der Waals surface area contributed by atoms with E-state index in [9.17, 15) is 4.79 Å². The van der Waals surface area contributed by atoms with Crippen molar-refractivity contribution in [2.45, 2.75) is 0 Å². The van der Waals surface area contributed by atoms with Crippen molar-refractivity contribution in [3.8, 4) is 0 Å². The fourth-order valence-electron chi connectivity index (χ4n) is 1.14. The third-order valence-corrected chi connectivity index (χ3v) is 2.11. The molecule has 0 bridgehead atoms. The Labute approximate surface area is 93.8 Å². The number of urea groups is 1. The molecule has 82 valence electrons. The summed E-state index contributed by atoms with van der Waals surface area (Å²) >= 11 is 5.76. The van der Waals surface area contributed by atoms with Crippen molar-refractivity contribution in [2.75, 3.05) is 25.8 Å². The number of carbonyl (C=O) groups excluding carboxylic acids is 1. The molecule has 0 aliphatic carbocycles. The van der Waals surface area contributed by atoms with Gasteiger partial charge < -0.3 is 10.1 Å². The second-order valence-electron chi connectivity index (χ2n) is 2.88. The standard InChI is InChI=1S/C10H13ClN2O2/c1-12-10(14)13(7-15-2)9-5-3-8(11)4-6-9/h3-6H,7H2,1-2H3,(H,12,14). The van der Waals surface area contributed by atoms with Crippen molar-refractivity contribution in [3.63, 3.8) is 0 Å². The fourth-order valence-corrected chi connectivity index (χ4v) is 1.26. The Balaban J connectivity index is 2.88. The summed E-state index contributed by atoms with van der Waals surface area (Å²) in [5.74, 6) is 0. The van der Waals surface area contributed by atoms with E-state index in [0.29, 0.717) is 5.02 Å². The van der Waals surface area contributed by atoms with Crippen LogP contribution >= 0.6 is 11.6 Å². The molecule has 0 saturated heterocycles. The average molecular weight is 229 g/mol. The highest BCUT2D eigenvalue weighted by molar-refractivity contribution is 6.30. The first-order valence-electron chi connectivity index (χ1n) is 4.42. The van der Waals surface area contributed by atoms with Crippen LogP contribution in [0.15, 0.2) is 24.3 Å². The summed E-state index contributed by atoms with van der Waals surface area (Å²) in [6, 6.07) is 6.75. The summed E-state index contributed by atoms with van der Waals surface area (Å²) < 4.78 is 4.94. The van der Waals surface area contributed by atoms with Gasteiger partial charge in [-0.15, -0.1) is 0 Å². The van der Waals surface area contributed by atoms with E-state index in [2.05, 4.69) is 5.32 Å². The maximum absolute atomic E-state index is 11.5. The third-order valence-electron chi connectivity index (χ3n) is 1.86. The van der Waals surface area contributed by atoms with Gasteiger partial charge in [0.15, 0.2) is 0 Å². The highest BCUT2D eigenvalue weighted by atomic mass is 35.5. The van der Waals surface area contributed by atoms with Gasteiger partial charge in [-0.3, -0.25) is 4.90 Å². The van der Waals surface area contributed by atoms with Crippen LogP contribution in [0.3, 0.4) is 0 Å². The zero-order chi connectivity index (χ0) is 11.3. The van der Waals surface area contributed by atoms with Crippen LogP contribution in [-0.2, 0) is 4.74 Å². The zero-order valence-electron chi connectivity index (χ0n) is 8.66.